The molecule has 0 radical (unpaired) electrons. The van der Waals surface area contributed by atoms with E-state index in [0.717, 1.165) is 50.6 Å². The van der Waals surface area contributed by atoms with Gasteiger partial charge in [0.25, 0.3) is 0 Å². The molecule has 0 N–H and O–H groups in total. The summed E-state index contributed by atoms with van der Waals surface area (Å²) in [7, 11) is 1.67. The largest absolute Gasteiger partial charge is 0.497 e. The van der Waals surface area contributed by atoms with Crippen LogP contribution < -0.4 is 4.74 Å². The van der Waals surface area contributed by atoms with Crippen molar-refractivity contribution in [1.29, 1.82) is 0 Å². The number of benzene rings is 1. The standard InChI is InChI=1S/C20H30N2O3/c1-16(17-5-3-6-18(14-17)24-2)13-20(23)22-10-8-21(9-11-22)15-19-7-4-12-25-19/h3,5-6,14,16,19H,4,7-13,15H2,1-2H3/t16-,19-/m0/s1. The lowest BCUT2D eigenvalue weighted by molar-refractivity contribution is -0.133. The first kappa shape index (κ1) is 18.2. The number of piperazine rings is 1. The quantitative estimate of drug-likeness (QED) is 0.794. The van der Waals surface area contributed by atoms with Crippen molar-refractivity contribution in [3.05, 3.63) is 29.8 Å². The van der Waals surface area contributed by atoms with E-state index in [1.165, 1.54) is 12.8 Å². The fourth-order valence-electron chi connectivity index (χ4n) is 3.71. The summed E-state index contributed by atoms with van der Waals surface area (Å²) < 4.78 is 11.0. The second-order valence-corrected chi connectivity index (χ2v) is 7.20. The van der Waals surface area contributed by atoms with Gasteiger partial charge in [-0.1, -0.05) is 19.1 Å². The molecule has 2 atom stereocenters. The van der Waals surface area contributed by atoms with Crippen LogP contribution in [0, 0.1) is 0 Å². The summed E-state index contributed by atoms with van der Waals surface area (Å²) in [4.78, 5) is 17.1. The van der Waals surface area contributed by atoms with E-state index >= 15 is 0 Å². The molecular formula is C20H30N2O3. The van der Waals surface area contributed by atoms with E-state index < -0.39 is 0 Å². The molecule has 138 valence electrons. The molecular weight excluding hydrogens is 316 g/mol. The molecule has 5 nitrogen and oxygen atoms in total. The zero-order chi connectivity index (χ0) is 17.6. The van der Waals surface area contributed by atoms with Gasteiger partial charge in [-0.05, 0) is 36.5 Å². The highest BCUT2D eigenvalue weighted by atomic mass is 16.5. The molecule has 2 fully saturated rings. The van der Waals surface area contributed by atoms with Gasteiger partial charge in [0.2, 0.25) is 5.91 Å². The van der Waals surface area contributed by atoms with Crippen LogP contribution in [0.3, 0.4) is 0 Å². The lowest BCUT2D eigenvalue weighted by Crippen LogP contribution is -2.50. The fourth-order valence-corrected chi connectivity index (χ4v) is 3.71. The van der Waals surface area contributed by atoms with E-state index in [1.54, 1.807) is 7.11 Å². The number of amides is 1. The Morgan fingerprint density at radius 1 is 1.32 bits per heavy atom. The summed E-state index contributed by atoms with van der Waals surface area (Å²) in [5, 5.41) is 0. The molecule has 2 heterocycles. The monoisotopic (exact) mass is 346 g/mol. The Morgan fingerprint density at radius 3 is 2.80 bits per heavy atom. The topological polar surface area (TPSA) is 42.0 Å². The van der Waals surface area contributed by atoms with Crippen molar-refractivity contribution < 1.29 is 14.3 Å². The smallest absolute Gasteiger partial charge is 0.223 e. The second-order valence-electron chi connectivity index (χ2n) is 7.20. The summed E-state index contributed by atoms with van der Waals surface area (Å²) in [5.74, 6) is 1.30. The summed E-state index contributed by atoms with van der Waals surface area (Å²) in [5.41, 5.74) is 1.16. The Balaban J connectivity index is 1.45. The Morgan fingerprint density at radius 2 is 2.12 bits per heavy atom. The molecule has 1 aromatic carbocycles. The normalized spacial score (nSPS) is 22.8. The van der Waals surface area contributed by atoms with Crippen molar-refractivity contribution in [3.63, 3.8) is 0 Å². The number of rotatable bonds is 6. The first-order valence-corrected chi connectivity index (χ1v) is 9.41. The number of ether oxygens (including phenoxy) is 2. The number of methoxy groups -OCH3 is 1. The molecule has 2 aliphatic heterocycles. The fraction of sp³-hybridized carbons (Fsp3) is 0.650. The molecule has 0 bridgehead atoms. The van der Waals surface area contributed by atoms with E-state index in [9.17, 15) is 4.79 Å². The first-order chi connectivity index (χ1) is 12.2. The minimum Gasteiger partial charge on any atom is -0.497 e. The first-order valence-electron chi connectivity index (χ1n) is 9.41. The molecule has 1 amide bonds. The summed E-state index contributed by atoms with van der Waals surface area (Å²) in [6.07, 6.45) is 3.32. The summed E-state index contributed by atoms with van der Waals surface area (Å²) in [6, 6.07) is 8.02. The number of hydrogen-bond donors (Lipinski definition) is 0. The molecule has 2 aliphatic rings. The maximum atomic E-state index is 12.6. The minimum absolute atomic E-state index is 0.201. The van der Waals surface area contributed by atoms with Crippen molar-refractivity contribution in [2.24, 2.45) is 0 Å². The lowest BCUT2D eigenvalue weighted by atomic mass is 9.97. The minimum atomic E-state index is 0.201. The van der Waals surface area contributed by atoms with Crippen molar-refractivity contribution >= 4 is 5.91 Å². The maximum absolute atomic E-state index is 12.6. The molecule has 5 heteroatoms. The van der Waals surface area contributed by atoms with Crippen LogP contribution in [-0.2, 0) is 9.53 Å². The third-order valence-corrected chi connectivity index (χ3v) is 5.35. The molecule has 0 aliphatic carbocycles. The van der Waals surface area contributed by atoms with Crippen LogP contribution in [0.15, 0.2) is 24.3 Å². The van der Waals surface area contributed by atoms with E-state index in [1.807, 2.05) is 23.1 Å². The lowest BCUT2D eigenvalue weighted by Gasteiger charge is -2.36. The molecule has 0 aromatic heterocycles. The Kier molecular flexibility index (Phi) is 6.32. The van der Waals surface area contributed by atoms with Gasteiger partial charge < -0.3 is 14.4 Å². The van der Waals surface area contributed by atoms with Gasteiger partial charge in [-0.15, -0.1) is 0 Å². The number of nitrogens with zero attached hydrogens (tertiary/aromatic N) is 2. The van der Waals surface area contributed by atoms with E-state index in [0.29, 0.717) is 12.5 Å². The van der Waals surface area contributed by atoms with Crippen LogP contribution in [-0.4, -0.2) is 68.3 Å². The van der Waals surface area contributed by atoms with Gasteiger partial charge in [-0.3, -0.25) is 9.69 Å². The summed E-state index contributed by atoms with van der Waals surface area (Å²) >= 11 is 0. The molecule has 1 aromatic rings. The second kappa shape index (κ2) is 8.68. The van der Waals surface area contributed by atoms with Crippen molar-refractivity contribution in [2.75, 3.05) is 46.4 Å². The molecule has 0 saturated carbocycles. The highest BCUT2D eigenvalue weighted by Gasteiger charge is 2.25. The van der Waals surface area contributed by atoms with Crippen LogP contribution in [0.2, 0.25) is 0 Å². The van der Waals surface area contributed by atoms with Gasteiger partial charge >= 0.3 is 0 Å². The van der Waals surface area contributed by atoms with Gasteiger partial charge in [0.1, 0.15) is 5.75 Å². The zero-order valence-electron chi connectivity index (χ0n) is 15.4. The van der Waals surface area contributed by atoms with Gasteiger partial charge in [-0.25, -0.2) is 0 Å². The van der Waals surface area contributed by atoms with Crippen LogP contribution >= 0.6 is 0 Å². The molecule has 25 heavy (non-hydrogen) atoms. The number of carbonyl (C=O) groups is 1. The van der Waals surface area contributed by atoms with Crippen molar-refractivity contribution in [3.8, 4) is 5.75 Å². The zero-order valence-corrected chi connectivity index (χ0v) is 15.4. The predicted molar refractivity (Wildman–Crippen MR) is 98.0 cm³/mol. The van der Waals surface area contributed by atoms with Gasteiger partial charge in [0.15, 0.2) is 0 Å². The van der Waals surface area contributed by atoms with Gasteiger partial charge in [-0.2, -0.15) is 0 Å². The average molecular weight is 346 g/mol. The van der Waals surface area contributed by atoms with Crippen molar-refractivity contribution in [2.45, 2.75) is 38.2 Å². The van der Waals surface area contributed by atoms with Crippen LogP contribution in [0.4, 0.5) is 0 Å². The van der Waals surface area contributed by atoms with Crippen LogP contribution in [0.5, 0.6) is 5.75 Å². The predicted octanol–water partition coefficient (Wildman–Crippen LogP) is 2.51. The van der Waals surface area contributed by atoms with E-state index in [-0.39, 0.29) is 11.8 Å². The molecule has 2 saturated heterocycles. The molecule has 0 spiro atoms. The highest BCUT2D eigenvalue weighted by Crippen LogP contribution is 2.24. The SMILES string of the molecule is COc1cccc([C@@H](C)CC(=O)N2CCN(C[C@@H]3CCCO3)CC2)c1. The van der Waals surface area contributed by atoms with E-state index in [2.05, 4.69) is 17.9 Å². The maximum Gasteiger partial charge on any atom is 0.223 e. The average Bonchev–Trinajstić information content (AvgIpc) is 3.15. The number of hydrogen-bond acceptors (Lipinski definition) is 4. The Hall–Kier alpha value is -1.59. The molecule has 0 unspecified atom stereocenters. The Labute approximate surface area is 150 Å². The van der Waals surface area contributed by atoms with E-state index in [4.69, 9.17) is 9.47 Å². The van der Waals surface area contributed by atoms with Crippen LogP contribution in [0.25, 0.3) is 0 Å². The summed E-state index contributed by atoms with van der Waals surface area (Å²) in [6.45, 7) is 7.61. The highest BCUT2D eigenvalue weighted by molar-refractivity contribution is 5.77. The van der Waals surface area contributed by atoms with Crippen LogP contribution in [0.1, 0.15) is 37.7 Å². The number of carbonyl (C=O) groups excluding carboxylic acids is 1. The molecule has 3 rings (SSSR count). The van der Waals surface area contributed by atoms with Gasteiger partial charge in [0, 0.05) is 45.8 Å². The third kappa shape index (κ3) is 4.95. The Bertz CT molecular complexity index is 564. The van der Waals surface area contributed by atoms with Crippen molar-refractivity contribution in [1.82, 2.24) is 9.80 Å². The third-order valence-electron chi connectivity index (χ3n) is 5.35. The van der Waals surface area contributed by atoms with Gasteiger partial charge in [0.05, 0.1) is 13.2 Å².